The van der Waals surface area contributed by atoms with Crippen molar-refractivity contribution >= 4 is 7.14 Å². The van der Waals surface area contributed by atoms with Gasteiger partial charge in [0, 0.05) is 18.5 Å². The van der Waals surface area contributed by atoms with Gasteiger partial charge in [-0.25, -0.2) is 0 Å². The molecule has 0 spiro atoms. The first-order chi connectivity index (χ1) is 5.77. The van der Waals surface area contributed by atoms with Gasteiger partial charge < -0.3 is 4.57 Å². The lowest BCUT2D eigenvalue weighted by Gasteiger charge is -2.09. The van der Waals surface area contributed by atoms with Crippen LogP contribution < -0.4 is 0 Å². The summed E-state index contributed by atoms with van der Waals surface area (Å²) < 4.78 is 12.0. The molecule has 0 aromatic heterocycles. The molecule has 12 heavy (non-hydrogen) atoms. The fraction of sp³-hybridized carbons (Fsp3) is 1.00. The molecule has 0 aromatic rings. The minimum atomic E-state index is -1.61. The Kier molecular flexibility index (Phi) is 4.35. The Morgan fingerprint density at radius 2 is 1.75 bits per heavy atom. The van der Waals surface area contributed by atoms with Crippen LogP contribution in [0.4, 0.5) is 0 Å². The number of hydrogen-bond donors (Lipinski definition) is 0. The molecular weight excluding hydrogens is 167 g/mol. The van der Waals surface area contributed by atoms with E-state index in [1.165, 1.54) is 38.5 Å². The van der Waals surface area contributed by atoms with Crippen LogP contribution in [0.3, 0.4) is 0 Å². The van der Waals surface area contributed by atoms with Crippen LogP contribution >= 0.6 is 7.14 Å². The van der Waals surface area contributed by atoms with Gasteiger partial charge in [0.1, 0.15) is 0 Å². The SMILES string of the molecule is CCCCCCP1(=O)CCCC1. The highest BCUT2D eigenvalue weighted by molar-refractivity contribution is 7.64. The third-order valence-electron chi connectivity index (χ3n) is 2.80. The van der Waals surface area contributed by atoms with Crippen LogP contribution in [0.2, 0.25) is 0 Å². The van der Waals surface area contributed by atoms with Crippen molar-refractivity contribution < 1.29 is 4.57 Å². The summed E-state index contributed by atoms with van der Waals surface area (Å²) in [6.45, 7) is 2.22. The summed E-state index contributed by atoms with van der Waals surface area (Å²) >= 11 is 0. The van der Waals surface area contributed by atoms with Crippen LogP contribution in [0.15, 0.2) is 0 Å². The van der Waals surface area contributed by atoms with E-state index in [-0.39, 0.29) is 0 Å². The molecule has 0 aromatic carbocycles. The van der Waals surface area contributed by atoms with Crippen LogP contribution in [0.5, 0.6) is 0 Å². The molecule has 0 saturated carbocycles. The predicted molar refractivity (Wildman–Crippen MR) is 55.6 cm³/mol. The largest absolute Gasteiger partial charge is 0.324 e. The van der Waals surface area contributed by atoms with Crippen LogP contribution in [-0.2, 0) is 4.57 Å². The first-order valence-corrected chi connectivity index (χ1v) is 7.60. The Balaban J connectivity index is 2.09. The summed E-state index contributed by atoms with van der Waals surface area (Å²) in [5, 5.41) is 0. The third kappa shape index (κ3) is 3.31. The standard InChI is InChI=1S/C10H21OP/c1-2-3-4-5-8-12(11)9-6-7-10-12/h2-10H2,1H3. The maximum Gasteiger partial charge on any atom is 0.0877 e. The maximum absolute atomic E-state index is 12.0. The minimum Gasteiger partial charge on any atom is -0.324 e. The van der Waals surface area contributed by atoms with E-state index in [2.05, 4.69) is 6.92 Å². The molecular formula is C10H21OP. The van der Waals surface area contributed by atoms with Crippen molar-refractivity contribution in [2.75, 3.05) is 18.5 Å². The van der Waals surface area contributed by atoms with Gasteiger partial charge in [-0.15, -0.1) is 0 Å². The molecule has 0 unspecified atom stereocenters. The van der Waals surface area contributed by atoms with Crippen LogP contribution in [0.1, 0.15) is 45.4 Å². The van der Waals surface area contributed by atoms with E-state index in [0.717, 1.165) is 18.5 Å². The second kappa shape index (κ2) is 5.07. The lowest BCUT2D eigenvalue weighted by molar-refractivity contribution is 0.574. The molecule has 1 aliphatic rings. The lowest BCUT2D eigenvalue weighted by atomic mass is 10.2. The summed E-state index contributed by atoms with van der Waals surface area (Å²) in [4.78, 5) is 0. The Labute approximate surface area is 76.3 Å². The minimum absolute atomic E-state index is 1.05. The monoisotopic (exact) mass is 188 g/mol. The first kappa shape index (κ1) is 10.3. The normalized spacial score (nSPS) is 21.4. The molecule has 1 heterocycles. The predicted octanol–water partition coefficient (Wildman–Crippen LogP) is 3.72. The van der Waals surface area contributed by atoms with Gasteiger partial charge in [0.25, 0.3) is 0 Å². The molecule has 1 saturated heterocycles. The molecule has 0 N–H and O–H groups in total. The van der Waals surface area contributed by atoms with Crippen LogP contribution in [-0.4, -0.2) is 18.5 Å². The van der Waals surface area contributed by atoms with E-state index in [9.17, 15) is 4.57 Å². The Morgan fingerprint density at radius 3 is 2.33 bits per heavy atom. The maximum atomic E-state index is 12.0. The Bertz CT molecular complexity index is 155. The molecule has 0 aliphatic carbocycles. The van der Waals surface area contributed by atoms with Gasteiger partial charge in [-0.05, 0) is 19.3 Å². The van der Waals surface area contributed by atoms with Crippen molar-refractivity contribution in [2.24, 2.45) is 0 Å². The summed E-state index contributed by atoms with van der Waals surface area (Å²) in [5.74, 6) is 0. The van der Waals surface area contributed by atoms with Crippen molar-refractivity contribution in [3.05, 3.63) is 0 Å². The topological polar surface area (TPSA) is 17.1 Å². The third-order valence-corrected chi connectivity index (χ3v) is 6.19. The smallest absolute Gasteiger partial charge is 0.0877 e. The fourth-order valence-electron chi connectivity index (χ4n) is 1.96. The van der Waals surface area contributed by atoms with E-state index >= 15 is 0 Å². The molecule has 1 rings (SSSR count). The van der Waals surface area contributed by atoms with E-state index in [1.54, 1.807) is 0 Å². The molecule has 2 heteroatoms. The quantitative estimate of drug-likeness (QED) is 0.474. The molecule has 0 atom stereocenters. The van der Waals surface area contributed by atoms with Crippen molar-refractivity contribution in [3.8, 4) is 0 Å². The zero-order valence-electron chi connectivity index (χ0n) is 8.22. The van der Waals surface area contributed by atoms with Crippen LogP contribution in [0, 0.1) is 0 Å². The summed E-state index contributed by atoms with van der Waals surface area (Å²) in [5.41, 5.74) is 0. The summed E-state index contributed by atoms with van der Waals surface area (Å²) in [6, 6.07) is 0. The summed E-state index contributed by atoms with van der Waals surface area (Å²) in [7, 11) is -1.61. The van der Waals surface area contributed by atoms with Crippen molar-refractivity contribution in [1.82, 2.24) is 0 Å². The Hall–Kier alpha value is 0.230. The molecule has 1 aliphatic heterocycles. The average molecular weight is 188 g/mol. The van der Waals surface area contributed by atoms with E-state index in [4.69, 9.17) is 0 Å². The highest BCUT2D eigenvalue weighted by Gasteiger charge is 2.25. The van der Waals surface area contributed by atoms with Gasteiger partial charge in [0.05, 0.1) is 7.14 Å². The molecule has 72 valence electrons. The van der Waals surface area contributed by atoms with Gasteiger partial charge in [0.15, 0.2) is 0 Å². The average Bonchev–Trinajstić information content (AvgIpc) is 2.47. The lowest BCUT2D eigenvalue weighted by Crippen LogP contribution is -1.91. The molecule has 1 fully saturated rings. The van der Waals surface area contributed by atoms with Crippen molar-refractivity contribution in [2.45, 2.75) is 45.4 Å². The fourth-order valence-corrected chi connectivity index (χ4v) is 5.03. The second-order valence-corrected chi connectivity index (χ2v) is 7.45. The van der Waals surface area contributed by atoms with E-state index in [1.807, 2.05) is 0 Å². The highest BCUT2D eigenvalue weighted by atomic mass is 31.2. The molecule has 0 radical (unpaired) electrons. The van der Waals surface area contributed by atoms with Gasteiger partial charge in [-0.2, -0.15) is 0 Å². The first-order valence-electron chi connectivity index (χ1n) is 5.34. The highest BCUT2D eigenvalue weighted by Crippen LogP contribution is 2.52. The zero-order valence-corrected chi connectivity index (χ0v) is 9.11. The molecule has 1 nitrogen and oxygen atoms in total. The van der Waals surface area contributed by atoms with E-state index < -0.39 is 7.14 Å². The second-order valence-electron chi connectivity index (χ2n) is 4.00. The molecule has 0 bridgehead atoms. The zero-order chi connectivity index (χ0) is 8.86. The van der Waals surface area contributed by atoms with Gasteiger partial charge in [-0.3, -0.25) is 0 Å². The summed E-state index contributed by atoms with van der Waals surface area (Å²) in [6.07, 6.45) is 10.7. The van der Waals surface area contributed by atoms with Crippen molar-refractivity contribution in [3.63, 3.8) is 0 Å². The number of hydrogen-bond acceptors (Lipinski definition) is 1. The van der Waals surface area contributed by atoms with Gasteiger partial charge in [0.2, 0.25) is 0 Å². The molecule has 0 amide bonds. The van der Waals surface area contributed by atoms with Gasteiger partial charge in [-0.1, -0.05) is 26.2 Å². The number of unbranched alkanes of at least 4 members (excludes halogenated alkanes) is 3. The Morgan fingerprint density at radius 1 is 1.08 bits per heavy atom. The van der Waals surface area contributed by atoms with Crippen LogP contribution in [0.25, 0.3) is 0 Å². The van der Waals surface area contributed by atoms with E-state index in [0.29, 0.717) is 0 Å². The number of rotatable bonds is 5. The van der Waals surface area contributed by atoms with Crippen molar-refractivity contribution in [1.29, 1.82) is 0 Å². The van der Waals surface area contributed by atoms with Gasteiger partial charge >= 0.3 is 0 Å².